The van der Waals surface area contributed by atoms with Gasteiger partial charge in [0.1, 0.15) is 5.78 Å². The van der Waals surface area contributed by atoms with E-state index in [0.717, 1.165) is 20.8 Å². The minimum absolute atomic E-state index is 0.971. The highest BCUT2D eigenvalue weighted by Crippen LogP contribution is 2.57. The number of hydrogen-bond acceptors (Lipinski definition) is 2. The lowest BCUT2D eigenvalue weighted by Gasteiger charge is -2.38. The molecular weight excluding hydrogens is 385 g/mol. The van der Waals surface area contributed by atoms with Crippen molar-refractivity contribution in [2.24, 2.45) is 5.41 Å². The highest BCUT2D eigenvalue weighted by molar-refractivity contribution is 6.05. The summed E-state index contributed by atoms with van der Waals surface area (Å²) in [5.41, 5.74) is -8.61. The van der Waals surface area contributed by atoms with Gasteiger partial charge in [-0.25, -0.2) is 4.39 Å². The molecule has 0 amide bonds. The summed E-state index contributed by atoms with van der Waals surface area (Å²) in [5.74, 6) is -20.1. The lowest BCUT2D eigenvalue weighted by molar-refractivity contribution is -0.401. The van der Waals surface area contributed by atoms with Gasteiger partial charge in [-0.2, -0.15) is 43.9 Å². The summed E-state index contributed by atoms with van der Waals surface area (Å²) in [5, 5.41) is 0. The molecule has 0 saturated carbocycles. The Balaban J connectivity index is 6.36. The lowest BCUT2D eigenvalue weighted by Crippen LogP contribution is -2.70. The minimum atomic E-state index is -7.55. The Bertz CT molecular complexity index is 539. The molecule has 0 aliphatic heterocycles. The Morgan fingerprint density at radius 2 is 0.960 bits per heavy atom. The molecule has 0 radical (unpaired) electrons. The van der Waals surface area contributed by atoms with Gasteiger partial charge in [0.2, 0.25) is 0 Å². The topological polar surface area (TPSA) is 34.1 Å². The molecule has 1 unspecified atom stereocenters. The summed E-state index contributed by atoms with van der Waals surface area (Å²) >= 11 is 0. The van der Waals surface area contributed by atoms with E-state index in [-0.39, 0.29) is 0 Å². The van der Waals surface area contributed by atoms with Crippen molar-refractivity contribution in [3.8, 4) is 0 Å². The molecule has 0 bridgehead atoms. The molecule has 0 fully saturated rings. The van der Waals surface area contributed by atoms with Crippen molar-refractivity contribution in [2.75, 3.05) is 0 Å². The van der Waals surface area contributed by atoms with Gasteiger partial charge in [0, 0.05) is 5.41 Å². The third-order valence-electron chi connectivity index (χ3n) is 3.12. The number of rotatable bonds is 5. The second-order valence-corrected chi connectivity index (χ2v) is 6.08. The summed E-state index contributed by atoms with van der Waals surface area (Å²) in [6.07, 6.45) is -16.7. The molecule has 148 valence electrons. The molecule has 0 rings (SSSR count). The van der Waals surface area contributed by atoms with Crippen LogP contribution in [0.5, 0.6) is 0 Å². The molecule has 2 nitrogen and oxygen atoms in total. The standard InChI is InChI=1S/C12H11F11O2/c1-7(2,3)5(24)4-6(25)8(13,11(18,19)20)9(14,15)10(16,17)12(21,22)23/h4H2,1-3H3. The molecule has 0 heterocycles. The Hall–Kier alpha value is -1.43. The monoisotopic (exact) mass is 396 g/mol. The number of halogens is 11. The fourth-order valence-corrected chi connectivity index (χ4v) is 1.44. The Labute approximate surface area is 133 Å². The molecule has 0 N–H and O–H groups in total. The Morgan fingerprint density at radius 1 is 0.600 bits per heavy atom. The van der Waals surface area contributed by atoms with Crippen LogP contribution < -0.4 is 0 Å². The molecule has 0 aliphatic carbocycles. The van der Waals surface area contributed by atoms with Gasteiger partial charge >= 0.3 is 29.9 Å². The molecular formula is C12H11F11O2. The average molecular weight is 396 g/mol. The van der Waals surface area contributed by atoms with Gasteiger partial charge in [0.15, 0.2) is 5.78 Å². The number of carbonyl (C=O) groups excluding carboxylic acids is 2. The summed E-state index contributed by atoms with van der Waals surface area (Å²) in [7, 11) is 0. The molecule has 0 aliphatic rings. The van der Waals surface area contributed by atoms with Crippen LogP contribution in [-0.4, -0.2) is 41.4 Å². The molecule has 1 atom stereocenters. The Kier molecular flexibility index (Phi) is 5.73. The van der Waals surface area contributed by atoms with Gasteiger partial charge in [-0.15, -0.1) is 0 Å². The van der Waals surface area contributed by atoms with Gasteiger partial charge < -0.3 is 0 Å². The normalized spacial score (nSPS) is 17.2. The highest BCUT2D eigenvalue weighted by Gasteiger charge is 2.88. The van der Waals surface area contributed by atoms with E-state index in [1.807, 2.05) is 0 Å². The zero-order valence-corrected chi connectivity index (χ0v) is 12.7. The van der Waals surface area contributed by atoms with E-state index < -0.39 is 53.3 Å². The first-order valence-electron chi connectivity index (χ1n) is 6.19. The number of Topliss-reactive ketones (excluding diaryl/α,β-unsaturated/α-hetero) is 2. The van der Waals surface area contributed by atoms with Crippen molar-refractivity contribution in [1.29, 1.82) is 0 Å². The van der Waals surface area contributed by atoms with Crippen LogP contribution in [0.3, 0.4) is 0 Å². The van der Waals surface area contributed by atoms with Crippen LogP contribution in [0.15, 0.2) is 0 Å². The van der Waals surface area contributed by atoms with Gasteiger partial charge in [-0.1, -0.05) is 20.8 Å². The van der Waals surface area contributed by atoms with Crippen LogP contribution in [-0.2, 0) is 9.59 Å². The van der Waals surface area contributed by atoms with Crippen LogP contribution in [0.2, 0.25) is 0 Å². The lowest BCUT2D eigenvalue weighted by atomic mass is 9.81. The van der Waals surface area contributed by atoms with E-state index >= 15 is 0 Å². The molecule has 0 aromatic rings. The maximum atomic E-state index is 13.9. The first-order chi connectivity index (χ1) is 10.5. The van der Waals surface area contributed by atoms with E-state index in [0.29, 0.717) is 0 Å². The quantitative estimate of drug-likeness (QED) is 0.500. The van der Waals surface area contributed by atoms with Gasteiger partial charge in [0.05, 0.1) is 6.42 Å². The molecule has 0 aromatic carbocycles. The molecule has 0 aromatic heterocycles. The summed E-state index contributed by atoms with van der Waals surface area (Å²) in [6.45, 7) is 2.91. The second kappa shape index (κ2) is 6.08. The number of alkyl halides is 11. The van der Waals surface area contributed by atoms with Crippen LogP contribution >= 0.6 is 0 Å². The maximum Gasteiger partial charge on any atom is 0.460 e. The van der Waals surface area contributed by atoms with Crippen molar-refractivity contribution < 1.29 is 57.9 Å². The van der Waals surface area contributed by atoms with Crippen LogP contribution in [0.1, 0.15) is 27.2 Å². The number of carbonyl (C=O) groups is 2. The maximum absolute atomic E-state index is 13.9. The minimum Gasteiger partial charge on any atom is -0.299 e. The summed E-state index contributed by atoms with van der Waals surface area (Å²) in [4.78, 5) is 22.7. The third kappa shape index (κ3) is 3.73. The van der Waals surface area contributed by atoms with E-state index in [2.05, 4.69) is 0 Å². The van der Waals surface area contributed by atoms with Crippen molar-refractivity contribution in [2.45, 2.75) is 57.1 Å². The van der Waals surface area contributed by atoms with E-state index in [1.165, 1.54) is 0 Å². The highest BCUT2D eigenvalue weighted by atomic mass is 19.4. The zero-order chi connectivity index (χ0) is 20.9. The van der Waals surface area contributed by atoms with Crippen molar-refractivity contribution in [3.63, 3.8) is 0 Å². The largest absolute Gasteiger partial charge is 0.460 e. The Morgan fingerprint density at radius 3 is 1.20 bits per heavy atom. The molecule has 0 saturated heterocycles. The van der Waals surface area contributed by atoms with Gasteiger partial charge in [-0.3, -0.25) is 9.59 Å². The van der Waals surface area contributed by atoms with E-state index in [1.54, 1.807) is 0 Å². The van der Waals surface area contributed by atoms with Crippen molar-refractivity contribution in [1.82, 2.24) is 0 Å². The number of ketones is 2. The van der Waals surface area contributed by atoms with Crippen molar-refractivity contribution in [3.05, 3.63) is 0 Å². The van der Waals surface area contributed by atoms with Crippen LogP contribution in [0, 0.1) is 5.41 Å². The van der Waals surface area contributed by atoms with Crippen molar-refractivity contribution >= 4 is 11.6 Å². The molecule has 0 spiro atoms. The fourth-order valence-electron chi connectivity index (χ4n) is 1.44. The first kappa shape index (κ1) is 23.6. The predicted molar refractivity (Wildman–Crippen MR) is 59.9 cm³/mol. The first-order valence-corrected chi connectivity index (χ1v) is 6.19. The fraction of sp³-hybridized carbons (Fsp3) is 0.833. The van der Waals surface area contributed by atoms with E-state index in [4.69, 9.17) is 0 Å². The average Bonchev–Trinajstić information content (AvgIpc) is 2.32. The summed E-state index contributed by atoms with van der Waals surface area (Å²) in [6, 6.07) is 0. The molecule has 25 heavy (non-hydrogen) atoms. The smallest absolute Gasteiger partial charge is 0.299 e. The SMILES string of the molecule is CC(C)(C)C(=O)CC(=O)C(F)(C(F)(F)F)C(F)(F)C(F)(F)C(F)(F)F. The van der Waals surface area contributed by atoms with Gasteiger partial charge in [0.25, 0.3) is 0 Å². The zero-order valence-electron chi connectivity index (χ0n) is 12.7. The van der Waals surface area contributed by atoms with Crippen LogP contribution in [0.4, 0.5) is 48.3 Å². The van der Waals surface area contributed by atoms with Gasteiger partial charge in [-0.05, 0) is 0 Å². The predicted octanol–water partition coefficient (Wildman–Crippen LogP) is 4.66. The number of hydrogen-bond donors (Lipinski definition) is 0. The van der Waals surface area contributed by atoms with E-state index in [9.17, 15) is 57.9 Å². The third-order valence-corrected chi connectivity index (χ3v) is 3.12. The molecule has 13 heteroatoms. The summed E-state index contributed by atoms with van der Waals surface area (Å²) < 4.78 is 140. The second-order valence-electron chi connectivity index (χ2n) is 6.08. The van der Waals surface area contributed by atoms with Crippen LogP contribution in [0.25, 0.3) is 0 Å².